The second-order valence-corrected chi connectivity index (χ2v) is 6.27. The average Bonchev–Trinajstić information content (AvgIpc) is 3.08. The van der Waals surface area contributed by atoms with Crippen LogP contribution in [0.2, 0.25) is 0 Å². The molecule has 1 aromatic carbocycles. The Morgan fingerprint density at radius 2 is 1.75 bits per heavy atom. The zero-order valence-electron chi connectivity index (χ0n) is 12.8. The van der Waals surface area contributed by atoms with Crippen LogP contribution < -0.4 is 5.32 Å². The number of amides is 3. The Hall–Kier alpha value is -2.09. The quantitative estimate of drug-likeness (QED) is 0.830. The van der Waals surface area contributed by atoms with Gasteiger partial charge >= 0.3 is 12.2 Å². The Morgan fingerprint density at radius 1 is 1.17 bits per heavy atom. The lowest BCUT2D eigenvalue weighted by Gasteiger charge is -2.21. The van der Waals surface area contributed by atoms with Crippen LogP contribution in [0.15, 0.2) is 24.3 Å². The van der Waals surface area contributed by atoms with Crippen LogP contribution in [0.5, 0.6) is 0 Å². The van der Waals surface area contributed by atoms with Gasteiger partial charge in [-0.1, -0.05) is 25.0 Å². The summed E-state index contributed by atoms with van der Waals surface area (Å²) < 4.78 is 37.7. The number of nitrogens with one attached hydrogen (secondary N) is 1. The number of hydrogen-bond acceptors (Lipinski definition) is 3. The standard InChI is InChI=1S/C16H17F3N2O3/c17-16(18,19)11-5-3-10(4-6-11)12(22)9-21-13(23)15(20-14(21)24)7-1-2-8-15/h3-6,12,22H,1-2,7-9H2,(H,20,24)/t12-/m0/s1. The van der Waals surface area contributed by atoms with E-state index in [1.807, 2.05) is 0 Å². The normalized spacial score (nSPS) is 21.4. The number of alkyl halides is 3. The highest BCUT2D eigenvalue weighted by Crippen LogP contribution is 2.36. The molecule has 1 aliphatic carbocycles. The van der Waals surface area contributed by atoms with Crippen molar-refractivity contribution in [2.45, 2.75) is 43.5 Å². The Morgan fingerprint density at radius 3 is 2.29 bits per heavy atom. The minimum absolute atomic E-state index is 0.218. The van der Waals surface area contributed by atoms with Gasteiger partial charge in [0.1, 0.15) is 5.54 Å². The summed E-state index contributed by atoms with van der Waals surface area (Å²) in [6.45, 7) is -0.280. The van der Waals surface area contributed by atoms with Crippen LogP contribution in [0, 0.1) is 0 Å². The van der Waals surface area contributed by atoms with E-state index in [4.69, 9.17) is 0 Å². The van der Waals surface area contributed by atoms with Gasteiger partial charge in [-0.2, -0.15) is 13.2 Å². The Balaban J connectivity index is 1.71. The fourth-order valence-electron chi connectivity index (χ4n) is 3.33. The summed E-state index contributed by atoms with van der Waals surface area (Å²) in [6.07, 6.45) is -2.85. The van der Waals surface area contributed by atoms with Crippen molar-refractivity contribution in [3.63, 3.8) is 0 Å². The third-order valence-electron chi connectivity index (χ3n) is 4.68. The summed E-state index contributed by atoms with van der Waals surface area (Å²) in [5, 5.41) is 12.9. The number of imide groups is 1. The van der Waals surface area contributed by atoms with Crippen molar-refractivity contribution < 1.29 is 27.9 Å². The summed E-state index contributed by atoms with van der Waals surface area (Å²) >= 11 is 0. The molecule has 1 saturated carbocycles. The number of β-amino-alcohol motifs (C(OH)–C–C–N with tert-alkyl or cyclic N) is 1. The van der Waals surface area contributed by atoms with Gasteiger partial charge < -0.3 is 10.4 Å². The molecule has 3 rings (SSSR count). The molecule has 0 radical (unpaired) electrons. The molecule has 1 spiro atoms. The SMILES string of the molecule is O=C1NC2(CCCC2)C(=O)N1C[C@H](O)c1ccc(C(F)(F)F)cc1. The molecular weight excluding hydrogens is 325 g/mol. The highest BCUT2D eigenvalue weighted by molar-refractivity contribution is 6.07. The lowest BCUT2D eigenvalue weighted by atomic mass is 9.98. The lowest BCUT2D eigenvalue weighted by Crippen LogP contribution is -2.44. The van der Waals surface area contributed by atoms with Crippen LogP contribution in [0.25, 0.3) is 0 Å². The highest BCUT2D eigenvalue weighted by Gasteiger charge is 2.52. The molecule has 1 aromatic rings. The number of urea groups is 1. The van der Waals surface area contributed by atoms with Crippen molar-refractivity contribution >= 4 is 11.9 Å². The monoisotopic (exact) mass is 342 g/mol. The van der Waals surface area contributed by atoms with E-state index in [2.05, 4.69) is 5.32 Å². The van der Waals surface area contributed by atoms with Gasteiger partial charge in [0.15, 0.2) is 0 Å². The molecule has 1 saturated heterocycles. The molecule has 1 heterocycles. The van der Waals surface area contributed by atoms with Crippen LogP contribution in [0.1, 0.15) is 42.9 Å². The van der Waals surface area contributed by atoms with Gasteiger partial charge in [0.2, 0.25) is 0 Å². The van der Waals surface area contributed by atoms with Crippen LogP contribution in [0.4, 0.5) is 18.0 Å². The minimum Gasteiger partial charge on any atom is -0.387 e. The number of aliphatic hydroxyl groups excluding tert-OH is 1. The Bertz CT molecular complexity index is 652. The molecule has 0 unspecified atom stereocenters. The predicted molar refractivity (Wildman–Crippen MR) is 77.8 cm³/mol. The van der Waals surface area contributed by atoms with Crippen molar-refractivity contribution in [2.75, 3.05) is 6.54 Å². The van der Waals surface area contributed by atoms with Crippen molar-refractivity contribution in [3.05, 3.63) is 35.4 Å². The Kier molecular flexibility index (Phi) is 4.03. The van der Waals surface area contributed by atoms with Gasteiger partial charge in [0, 0.05) is 0 Å². The zero-order valence-corrected chi connectivity index (χ0v) is 12.8. The fourth-order valence-corrected chi connectivity index (χ4v) is 3.33. The summed E-state index contributed by atoms with van der Waals surface area (Å²) in [7, 11) is 0. The molecule has 0 bridgehead atoms. The van der Waals surface area contributed by atoms with E-state index >= 15 is 0 Å². The van der Waals surface area contributed by atoms with E-state index in [1.54, 1.807) is 0 Å². The topological polar surface area (TPSA) is 69.6 Å². The number of carbonyl (C=O) groups excluding carboxylic acids is 2. The number of halogens is 3. The number of carbonyl (C=O) groups is 2. The summed E-state index contributed by atoms with van der Waals surface area (Å²) in [5.41, 5.74) is -1.47. The Labute approximate surface area is 136 Å². The molecule has 0 aromatic heterocycles. The van der Waals surface area contributed by atoms with Crippen LogP contribution >= 0.6 is 0 Å². The first-order chi connectivity index (χ1) is 11.2. The van der Waals surface area contributed by atoms with E-state index in [1.165, 1.54) is 0 Å². The molecule has 2 fully saturated rings. The van der Waals surface area contributed by atoms with E-state index in [9.17, 15) is 27.9 Å². The number of hydrogen-bond donors (Lipinski definition) is 2. The number of rotatable bonds is 3. The van der Waals surface area contributed by atoms with Gasteiger partial charge in [-0.05, 0) is 30.5 Å². The van der Waals surface area contributed by atoms with Crippen LogP contribution in [-0.4, -0.2) is 34.0 Å². The van der Waals surface area contributed by atoms with Gasteiger partial charge in [0.25, 0.3) is 5.91 Å². The maximum atomic E-state index is 12.6. The van der Waals surface area contributed by atoms with Gasteiger partial charge in [-0.25, -0.2) is 4.79 Å². The van der Waals surface area contributed by atoms with Crippen LogP contribution in [-0.2, 0) is 11.0 Å². The zero-order chi connectivity index (χ0) is 17.5. The van der Waals surface area contributed by atoms with Crippen molar-refractivity contribution in [2.24, 2.45) is 0 Å². The lowest BCUT2D eigenvalue weighted by molar-refractivity contribution is -0.137. The first-order valence-corrected chi connectivity index (χ1v) is 7.72. The predicted octanol–water partition coefficient (Wildman–Crippen LogP) is 2.60. The molecule has 1 aliphatic heterocycles. The van der Waals surface area contributed by atoms with Gasteiger partial charge in [0.05, 0.1) is 18.2 Å². The maximum Gasteiger partial charge on any atom is 0.416 e. The maximum absolute atomic E-state index is 12.6. The molecule has 130 valence electrons. The van der Waals surface area contributed by atoms with E-state index < -0.39 is 29.4 Å². The summed E-state index contributed by atoms with van der Waals surface area (Å²) in [5.74, 6) is -0.365. The second kappa shape index (κ2) is 5.77. The third-order valence-corrected chi connectivity index (χ3v) is 4.68. The molecule has 24 heavy (non-hydrogen) atoms. The molecular formula is C16H17F3N2O3. The summed E-state index contributed by atoms with van der Waals surface area (Å²) in [4.78, 5) is 25.5. The first-order valence-electron chi connectivity index (χ1n) is 7.72. The fraction of sp³-hybridized carbons (Fsp3) is 0.500. The highest BCUT2D eigenvalue weighted by atomic mass is 19.4. The largest absolute Gasteiger partial charge is 0.416 e. The van der Waals surface area contributed by atoms with Crippen LogP contribution in [0.3, 0.4) is 0 Å². The molecule has 5 nitrogen and oxygen atoms in total. The van der Waals surface area contributed by atoms with E-state index in [0.717, 1.165) is 42.0 Å². The smallest absolute Gasteiger partial charge is 0.387 e. The molecule has 1 atom stereocenters. The van der Waals surface area contributed by atoms with Crippen molar-refractivity contribution in [1.82, 2.24) is 10.2 Å². The van der Waals surface area contributed by atoms with E-state index in [-0.39, 0.29) is 18.0 Å². The number of aliphatic hydroxyl groups is 1. The first kappa shape index (κ1) is 16.8. The van der Waals surface area contributed by atoms with E-state index in [0.29, 0.717) is 12.8 Å². The third kappa shape index (κ3) is 2.86. The number of nitrogens with zero attached hydrogens (tertiary/aromatic N) is 1. The van der Waals surface area contributed by atoms with Crippen molar-refractivity contribution in [3.8, 4) is 0 Å². The van der Waals surface area contributed by atoms with Gasteiger partial charge in [-0.3, -0.25) is 9.69 Å². The minimum atomic E-state index is -4.46. The molecule has 2 N–H and O–H groups in total. The molecule has 2 aliphatic rings. The molecule has 8 heteroatoms. The molecule has 3 amide bonds. The second-order valence-electron chi connectivity index (χ2n) is 6.27. The van der Waals surface area contributed by atoms with Crippen molar-refractivity contribution in [1.29, 1.82) is 0 Å². The average molecular weight is 342 g/mol. The van der Waals surface area contributed by atoms with Gasteiger partial charge in [-0.15, -0.1) is 0 Å². The number of benzene rings is 1. The summed E-state index contributed by atoms with van der Waals surface area (Å²) in [6, 6.07) is 3.47.